The molecule has 1 N–H and O–H groups in total. The Balaban J connectivity index is 3.10. The van der Waals surface area contributed by atoms with Gasteiger partial charge in [-0.05, 0) is 12.1 Å². The smallest absolute Gasteiger partial charge is 0.139 e. The van der Waals surface area contributed by atoms with E-state index in [1.54, 1.807) is 7.11 Å². The maximum atomic E-state index is 5.92. The Kier molecular flexibility index (Phi) is 2.60. The lowest BCUT2D eigenvalue weighted by molar-refractivity contribution is 0.415. The Bertz CT molecular complexity index is 228. The fourth-order valence-corrected chi connectivity index (χ4v) is 1.16. The van der Waals surface area contributed by atoms with Gasteiger partial charge in [-0.2, -0.15) is 0 Å². The molecule has 0 radical (unpaired) electrons. The lowest BCUT2D eigenvalue weighted by atomic mass is 10.3. The molecule has 0 aliphatic heterocycles. The number of benzene rings is 1. The topological polar surface area (TPSA) is 21.3 Å². The summed E-state index contributed by atoms with van der Waals surface area (Å²) >= 11 is 5.92. The predicted molar refractivity (Wildman–Crippen MR) is 47.6 cm³/mol. The molecule has 11 heavy (non-hydrogen) atoms. The summed E-state index contributed by atoms with van der Waals surface area (Å²) in [6.07, 6.45) is 0. The van der Waals surface area contributed by atoms with Crippen molar-refractivity contribution in [3.63, 3.8) is 0 Å². The van der Waals surface area contributed by atoms with Gasteiger partial charge in [0.25, 0.3) is 0 Å². The van der Waals surface area contributed by atoms with Crippen molar-refractivity contribution in [3.05, 3.63) is 23.2 Å². The molecule has 60 valence electrons. The predicted octanol–water partition coefficient (Wildman–Crippen LogP) is 2.39. The summed E-state index contributed by atoms with van der Waals surface area (Å²) in [7, 11) is 3.42. The molecule has 0 heterocycles. The van der Waals surface area contributed by atoms with Crippen LogP contribution in [-0.2, 0) is 0 Å². The first-order chi connectivity index (χ1) is 5.29. The van der Waals surface area contributed by atoms with E-state index in [9.17, 15) is 0 Å². The number of nitrogens with one attached hydrogen (secondary N) is 1. The van der Waals surface area contributed by atoms with E-state index in [2.05, 4.69) is 5.32 Å². The van der Waals surface area contributed by atoms with Crippen LogP contribution < -0.4 is 10.1 Å². The molecule has 0 fully saturated rings. The van der Waals surface area contributed by atoms with Crippen LogP contribution in [-0.4, -0.2) is 14.2 Å². The van der Waals surface area contributed by atoms with E-state index in [4.69, 9.17) is 16.3 Å². The maximum Gasteiger partial charge on any atom is 0.139 e. The summed E-state index contributed by atoms with van der Waals surface area (Å²) in [5, 5.41) is 3.58. The molecular weight excluding hydrogens is 162 g/mol. The normalized spacial score (nSPS) is 9.36. The second-order valence-corrected chi connectivity index (χ2v) is 2.45. The number of halogens is 1. The highest BCUT2D eigenvalue weighted by Gasteiger charge is 2.02. The summed E-state index contributed by atoms with van der Waals surface area (Å²) in [6.45, 7) is 0. The van der Waals surface area contributed by atoms with Crippen molar-refractivity contribution in [1.29, 1.82) is 0 Å². The second-order valence-electron chi connectivity index (χ2n) is 2.07. The van der Waals surface area contributed by atoms with Crippen LogP contribution in [0.25, 0.3) is 0 Å². The molecule has 0 aliphatic rings. The Hall–Kier alpha value is -0.890. The minimum atomic E-state index is 0.623. The summed E-state index contributed by atoms with van der Waals surface area (Å²) < 4.78 is 5.02. The largest absolute Gasteiger partial charge is 0.495 e. The molecule has 1 aromatic rings. The van der Waals surface area contributed by atoms with Crippen LogP contribution >= 0.6 is 11.6 Å². The molecule has 0 amide bonds. The Morgan fingerprint density at radius 1 is 1.45 bits per heavy atom. The minimum absolute atomic E-state index is 0.623. The average molecular weight is 172 g/mol. The van der Waals surface area contributed by atoms with Crippen molar-refractivity contribution in [3.8, 4) is 5.75 Å². The van der Waals surface area contributed by atoms with Crippen LogP contribution in [0.1, 0.15) is 0 Å². The minimum Gasteiger partial charge on any atom is -0.495 e. The van der Waals surface area contributed by atoms with Gasteiger partial charge in [-0.1, -0.05) is 17.7 Å². The fourth-order valence-electron chi connectivity index (χ4n) is 0.862. The standard InChI is InChI=1S/C8H10ClNO/c1-10-6-4-3-5-7(11-2)8(6)9/h3-5,10H,1-2H3. The van der Waals surface area contributed by atoms with Crippen LogP contribution in [0.4, 0.5) is 5.69 Å². The Morgan fingerprint density at radius 3 is 2.73 bits per heavy atom. The number of methoxy groups -OCH3 is 1. The van der Waals surface area contributed by atoms with E-state index in [1.165, 1.54) is 0 Å². The number of hydrogen-bond acceptors (Lipinski definition) is 2. The first-order valence-corrected chi connectivity index (χ1v) is 3.67. The summed E-state index contributed by atoms with van der Waals surface area (Å²) in [5.74, 6) is 0.693. The zero-order chi connectivity index (χ0) is 8.27. The molecule has 0 unspecified atom stereocenters. The van der Waals surface area contributed by atoms with Crippen LogP contribution in [0.5, 0.6) is 5.75 Å². The molecule has 1 aromatic carbocycles. The highest BCUT2D eigenvalue weighted by atomic mass is 35.5. The van der Waals surface area contributed by atoms with Crippen LogP contribution in [0.3, 0.4) is 0 Å². The lowest BCUT2D eigenvalue weighted by Crippen LogP contribution is -1.91. The van der Waals surface area contributed by atoms with Crippen molar-refractivity contribution < 1.29 is 4.74 Å². The first kappa shape index (κ1) is 8.21. The van der Waals surface area contributed by atoms with Gasteiger partial charge in [0.15, 0.2) is 0 Å². The summed E-state index contributed by atoms with van der Waals surface area (Å²) in [5.41, 5.74) is 0.881. The molecule has 0 atom stereocenters. The molecule has 0 aliphatic carbocycles. The van der Waals surface area contributed by atoms with Gasteiger partial charge in [0.1, 0.15) is 10.8 Å². The molecule has 0 spiro atoms. The molecule has 0 saturated carbocycles. The van der Waals surface area contributed by atoms with E-state index < -0.39 is 0 Å². The quantitative estimate of drug-likeness (QED) is 0.738. The summed E-state index contributed by atoms with van der Waals surface area (Å²) in [4.78, 5) is 0. The van der Waals surface area contributed by atoms with Gasteiger partial charge < -0.3 is 10.1 Å². The van der Waals surface area contributed by atoms with E-state index >= 15 is 0 Å². The molecule has 1 rings (SSSR count). The molecule has 0 bridgehead atoms. The number of hydrogen-bond donors (Lipinski definition) is 1. The van der Waals surface area contributed by atoms with Gasteiger partial charge in [0.05, 0.1) is 12.8 Å². The number of ether oxygens (including phenoxy) is 1. The first-order valence-electron chi connectivity index (χ1n) is 3.30. The summed E-state index contributed by atoms with van der Waals surface area (Å²) in [6, 6.07) is 5.60. The van der Waals surface area contributed by atoms with Crippen molar-refractivity contribution in [2.75, 3.05) is 19.5 Å². The van der Waals surface area contributed by atoms with Crippen LogP contribution in [0, 0.1) is 0 Å². The van der Waals surface area contributed by atoms with Crippen LogP contribution in [0.15, 0.2) is 18.2 Å². The van der Waals surface area contributed by atoms with Gasteiger partial charge in [0, 0.05) is 7.05 Å². The SMILES string of the molecule is CNc1cccc(OC)c1Cl. The van der Waals surface area contributed by atoms with Gasteiger partial charge in [0.2, 0.25) is 0 Å². The third kappa shape index (κ3) is 1.57. The highest BCUT2D eigenvalue weighted by Crippen LogP contribution is 2.30. The van der Waals surface area contributed by atoms with E-state index in [0.717, 1.165) is 5.69 Å². The van der Waals surface area contributed by atoms with Crippen molar-refractivity contribution >= 4 is 17.3 Å². The van der Waals surface area contributed by atoms with Gasteiger partial charge in [-0.15, -0.1) is 0 Å². The average Bonchev–Trinajstić information content (AvgIpc) is 2.05. The highest BCUT2D eigenvalue weighted by molar-refractivity contribution is 6.34. The third-order valence-electron chi connectivity index (χ3n) is 1.45. The van der Waals surface area contributed by atoms with Gasteiger partial charge in [-0.3, -0.25) is 0 Å². The van der Waals surface area contributed by atoms with E-state index in [1.807, 2.05) is 25.2 Å². The number of anilines is 1. The maximum absolute atomic E-state index is 5.92. The Labute approximate surface area is 71.1 Å². The second kappa shape index (κ2) is 3.49. The third-order valence-corrected chi connectivity index (χ3v) is 1.84. The van der Waals surface area contributed by atoms with E-state index in [0.29, 0.717) is 10.8 Å². The molecule has 2 nitrogen and oxygen atoms in total. The monoisotopic (exact) mass is 171 g/mol. The number of rotatable bonds is 2. The zero-order valence-corrected chi connectivity index (χ0v) is 7.27. The Morgan fingerprint density at radius 2 is 2.18 bits per heavy atom. The van der Waals surface area contributed by atoms with Crippen molar-refractivity contribution in [1.82, 2.24) is 0 Å². The zero-order valence-electron chi connectivity index (χ0n) is 6.52. The molecule has 3 heteroatoms. The van der Waals surface area contributed by atoms with Gasteiger partial charge in [-0.25, -0.2) is 0 Å². The molecular formula is C8H10ClNO. The molecule has 0 saturated heterocycles. The van der Waals surface area contributed by atoms with Gasteiger partial charge >= 0.3 is 0 Å². The lowest BCUT2D eigenvalue weighted by Gasteiger charge is -2.06. The van der Waals surface area contributed by atoms with Crippen molar-refractivity contribution in [2.45, 2.75) is 0 Å². The fraction of sp³-hybridized carbons (Fsp3) is 0.250. The molecule has 0 aromatic heterocycles. The van der Waals surface area contributed by atoms with Crippen LogP contribution in [0.2, 0.25) is 5.02 Å². The van der Waals surface area contributed by atoms with Crippen molar-refractivity contribution in [2.24, 2.45) is 0 Å². The van der Waals surface area contributed by atoms with E-state index in [-0.39, 0.29) is 0 Å².